The van der Waals surface area contributed by atoms with Gasteiger partial charge < -0.3 is 0 Å². The Hall–Kier alpha value is -2.75. The molecule has 3 rings (SSSR count). The number of fused-ring (bicyclic) bond motifs is 1. The summed E-state index contributed by atoms with van der Waals surface area (Å²) in [5.74, 6) is -1.09. The first-order valence-electron chi connectivity index (χ1n) is 6.07. The third-order valence-corrected chi connectivity index (χ3v) is 3.09. The fraction of sp³-hybridized carbons (Fsp3) is 0. The largest absolute Gasteiger partial charge is 0.268 e. The first-order valence-corrected chi connectivity index (χ1v) is 6.07. The molecule has 0 aromatic heterocycles. The van der Waals surface area contributed by atoms with E-state index in [0.717, 1.165) is 4.90 Å². The number of halogens is 1. The molecule has 2 aromatic rings. The van der Waals surface area contributed by atoms with E-state index in [-0.39, 0.29) is 17.6 Å². The van der Waals surface area contributed by atoms with Gasteiger partial charge in [0.15, 0.2) is 0 Å². The van der Waals surface area contributed by atoms with Crippen molar-refractivity contribution >= 4 is 17.9 Å². The number of imide groups is 1. The van der Waals surface area contributed by atoms with Gasteiger partial charge in [-0.3, -0.25) is 9.59 Å². The van der Waals surface area contributed by atoms with Crippen molar-refractivity contribution in [2.24, 2.45) is 0 Å². The van der Waals surface area contributed by atoms with Crippen LogP contribution in [0.4, 0.5) is 4.39 Å². The molecular formula is C16H10FNO2. The number of amides is 2. The van der Waals surface area contributed by atoms with Gasteiger partial charge in [-0.2, -0.15) is 0 Å². The van der Waals surface area contributed by atoms with E-state index in [1.54, 1.807) is 36.4 Å². The van der Waals surface area contributed by atoms with Crippen LogP contribution < -0.4 is 0 Å². The molecule has 1 heterocycles. The molecule has 0 atom stereocenters. The summed E-state index contributed by atoms with van der Waals surface area (Å²) < 4.78 is 13.1. The van der Waals surface area contributed by atoms with Crippen molar-refractivity contribution in [3.05, 3.63) is 77.2 Å². The Morgan fingerprint density at radius 3 is 2.15 bits per heavy atom. The Morgan fingerprint density at radius 2 is 1.55 bits per heavy atom. The van der Waals surface area contributed by atoms with Crippen LogP contribution in [0, 0.1) is 5.82 Å². The lowest BCUT2D eigenvalue weighted by molar-refractivity contribution is 0.0722. The van der Waals surface area contributed by atoms with Crippen LogP contribution in [0.1, 0.15) is 26.3 Å². The fourth-order valence-corrected chi connectivity index (χ4v) is 2.11. The van der Waals surface area contributed by atoms with E-state index in [1.165, 1.54) is 24.4 Å². The summed E-state index contributed by atoms with van der Waals surface area (Å²) in [6, 6.07) is 12.6. The number of benzene rings is 2. The Balaban J connectivity index is 1.90. The summed E-state index contributed by atoms with van der Waals surface area (Å²) in [5, 5.41) is 0. The maximum absolute atomic E-state index is 13.1. The average molecular weight is 267 g/mol. The molecule has 0 aliphatic carbocycles. The van der Waals surface area contributed by atoms with Crippen molar-refractivity contribution < 1.29 is 14.0 Å². The highest BCUT2D eigenvalue weighted by atomic mass is 19.1. The van der Waals surface area contributed by atoms with E-state index < -0.39 is 0 Å². The quantitative estimate of drug-likeness (QED) is 0.784. The lowest BCUT2D eigenvalue weighted by atomic mass is 10.1. The second-order valence-corrected chi connectivity index (χ2v) is 4.40. The first kappa shape index (κ1) is 12.3. The van der Waals surface area contributed by atoms with Gasteiger partial charge in [0.2, 0.25) is 0 Å². The summed E-state index contributed by atoms with van der Waals surface area (Å²) in [6.07, 6.45) is 2.91. The third kappa shape index (κ3) is 2.01. The zero-order valence-corrected chi connectivity index (χ0v) is 10.4. The van der Waals surface area contributed by atoms with Crippen molar-refractivity contribution in [1.82, 2.24) is 4.90 Å². The number of rotatable bonds is 2. The van der Waals surface area contributed by atoms with Crippen molar-refractivity contribution in [2.75, 3.05) is 0 Å². The minimum absolute atomic E-state index is 0.363. The van der Waals surface area contributed by atoms with Gasteiger partial charge in [-0.1, -0.05) is 24.3 Å². The Kier molecular flexibility index (Phi) is 2.91. The molecule has 98 valence electrons. The van der Waals surface area contributed by atoms with Crippen LogP contribution in [0.25, 0.3) is 6.08 Å². The van der Waals surface area contributed by atoms with Gasteiger partial charge in [0.05, 0.1) is 11.1 Å². The standard InChI is InChI=1S/C16H10FNO2/c17-12-5-3-4-11(10-12)8-9-18-15(19)13-6-1-2-7-14(13)16(18)20/h1-10H/b9-8+. The second kappa shape index (κ2) is 4.74. The van der Waals surface area contributed by atoms with E-state index in [4.69, 9.17) is 0 Å². The van der Waals surface area contributed by atoms with Crippen LogP contribution in [0.5, 0.6) is 0 Å². The van der Waals surface area contributed by atoms with Crippen molar-refractivity contribution in [3.8, 4) is 0 Å². The molecule has 2 amide bonds. The molecule has 0 fully saturated rings. The molecule has 3 nitrogen and oxygen atoms in total. The molecule has 0 spiro atoms. The predicted octanol–water partition coefficient (Wildman–Crippen LogP) is 3.09. The Bertz CT molecular complexity index is 702. The van der Waals surface area contributed by atoms with Gasteiger partial charge in [0.25, 0.3) is 11.8 Å². The number of hydrogen-bond donors (Lipinski definition) is 0. The van der Waals surface area contributed by atoms with Crippen LogP contribution >= 0.6 is 0 Å². The van der Waals surface area contributed by atoms with Crippen molar-refractivity contribution in [3.63, 3.8) is 0 Å². The second-order valence-electron chi connectivity index (χ2n) is 4.40. The first-order chi connectivity index (χ1) is 9.66. The summed E-state index contributed by atoms with van der Waals surface area (Å²) in [6.45, 7) is 0. The topological polar surface area (TPSA) is 37.4 Å². The molecule has 4 heteroatoms. The molecule has 0 saturated heterocycles. The van der Waals surface area contributed by atoms with Crippen LogP contribution in [0.15, 0.2) is 54.7 Å². The zero-order valence-electron chi connectivity index (χ0n) is 10.4. The minimum atomic E-state index is -0.366. The van der Waals surface area contributed by atoms with E-state index in [1.807, 2.05) is 0 Å². The molecule has 0 N–H and O–H groups in total. The van der Waals surface area contributed by atoms with Gasteiger partial charge in [-0.05, 0) is 35.9 Å². The summed E-state index contributed by atoms with van der Waals surface area (Å²) >= 11 is 0. The summed E-state index contributed by atoms with van der Waals surface area (Å²) in [7, 11) is 0. The predicted molar refractivity (Wildman–Crippen MR) is 72.4 cm³/mol. The molecule has 0 saturated carbocycles. The summed E-state index contributed by atoms with van der Waals surface area (Å²) in [4.78, 5) is 25.2. The highest BCUT2D eigenvalue weighted by molar-refractivity contribution is 6.22. The monoisotopic (exact) mass is 267 g/mol. The highest BCUT2D eigenvalue weighted by Crippen LogP contribution is 2.23. The van der Waals surface area contributed by atoms with Crippen LogP contribution in [-0.2, 0) is 0 Å². The maximum Gasteiger partial charge on any atom is 0.265 e. The minimum Gasteiger partial charge on any atom is -0.268 e. The van der Waals surface area contributed by atoms with Gasteiger partial charge in [-0.25, -0.2) is 9.29 Å². The van der Waals surface area contributed by atoms with Crippen LogP contribution in [0.2, 0.25) is 0 Å². The molecule has 1 aliphatic rings. The molecular weight excluding hydrogens is 257 g/mol. The van der Waals surface area contributed by atoms with Gasteiger partial charge in [0, 0.05) is 6.20 Å². The molecule has 0 bridgehead atoms. The molecule has 0 unspecified atom stereocenters. The SMILES string of the molecule is O=C1c2ccccc2C(=O)N1/C=C/c1cccc(F)c1. The van der Waals surface area contributed by atoms with Crippen molar-refractivity contribution in [1.29, 1.82) is 0 Å². The van der Waals surface area contributed by atoms with E-state index >= 15 is 0 Å². The number of hydrogen-bond acceptors (Lipinski definition) is 2. The van der Waals surface area contributed by atoms with E-state index in [9.17, 15) is 14.0 Å². The third-order valence-electron chi connectivity index (χ3n) is 3.09. The zero-order chi connectivity index (χ0) is 14.1. The normalized spacial score (nSPS) is 14.2. The van der Waals surface area contributed by atoms with Crippen molar-refractivity contribution in [2.45, 2.75) is 0 Å². The van der Waals surface area contributed by atoms with E-state index in [2.05, 4.69) is 0 Å². The number of nitrogens with zero attached hydrogens (tertiary/aromatic N) is 1. The maximum atomic E-state index is 13.1. The van der Waals surface area contributed by atoms with Crippen LogP contribution in [-0.4, -0.2) is 16.7 Å². The lowest BCUT2D eigenvalue weighted by Crippen LogP contribution is -2.23. The van der Waals surface area contributed by atoms with Gasteiger partial charge >= 0.3 is 0 Å². The van der Waals surface area contributed by atoms with Gasteiger partial charge in [0.1, 0.15) is 5.82 Å². The molecule has 2 aromatic carbocycles. The highest BCUT2D eigenvalue weighted by Gasteiger charge is 2.33. The molecule has 20 heavy (non-hydrogen) atoms. The van der Waals surface area contributed by atoms with Gasteiger partial charge in [-0.15, -0.1) is 0 Å². The fourth-order valence-electron chi connectivity index (χ4n) is 2.11. The smallest absolute Gasteiger partial charge is 0.265 e. The molecule has 0 radical (unpaired) electrons. The average Bonchev–Trinajstić information content (AvgIpc) is 2.70. The van der Waals surface area contributed by atoms with Crippen LogP contribution in [0.3, 0.4) is 0 Å². The Labute approximate surface area is 115 Å². The summed E-state index contributed by atoms with van der Waals surface area (Å²) in [5.41, 5.74) is 1.37. The lowest BCUT2D eigenvalue weighted by Gasteiger charge is -2.06. The Morgan fingerprint density at radius 1 is 0.900 bits per heavy atom. The van der Waals surface area contributed by atoms with E-state index in [0.29, 0.717) is 16.7 Å². The molecule has 1 aliphatic heterocycles. The number of carbonyl (C=O) groups excluding carboxylic acids is 2. The number of carbonyl (C=O) groups is 2.